The van der Waals surface area contributed by atoms with E-state index < -0.39 is 53.7 Å². The Balaban J connectivity index is 6.53. The second kappa shape index (κ2) is 11.6. The molecule has 4 atom stereocenters. The van der Waals surface area contributed by atoms with Crippen LogP contribution in [0.25, 0.3) is 0 Å². The van der Waals surface area contributed by atoms with E-state index in [4.69, 9.17) is 18.9 Å². The zero-order valence-electron chi connectivity index (χ0n) is 17.2. The molecule has 8 nitrogen and oxygen atoms in total. The topological polar surface area (TPSA) is 105 Å². The van der Waals surface area contributed by atoms with Crippen molar-refractivity contribution in [3.63, 3.8) is 0 Å². The summed E-state index contributed by atoms with van der Waals surface area (Å²) in [6, 6.07) is 0. The molecule has 29 heavy (non-hydrogen) atoms. The Morgan fingerprint density at radius 2 is 0.724 bits per heavy atom. The molecule has 0 spiro atoms. The average molecular weight is 408 g/mol. The monoisotopic (exact) mass is 408 g/mol. The van der Waals surface area contributed by atoms with Crippen molar-refractivity contribution in [2.75, 3.05) is 0 Å². The van der Waals surface area contributed by atoms with Crippen LogP contribution in [0.5, 0.6) is 0 Å². The van der Waals surface area contributed by atoms with E-state index in [1.807, 2.05) is 0 Å². The Kier molecular flexibility index (Phi) is 10.4. The molecule has 4 unspecified atom stereocenters. The Morgan fingerprint density at radius 3 is 0.862 bits per heavy atom. The highest BCUT2D eigenvalue weighted by atomic mass is 16.6. The average Bonchev–Trinajstić information content (AvgIpc) is 2.67. The van der Waals surface area contributed by atoms with Crippen molar-refractivity contribution in [3.05, 3.63) is 50.6 Å². The molecule has 0 aromatic rings. The first-order chi connectivity index (χ1) is 13.5. The van der Waals surface area contributed by atoms with Gasteiger partial charge in [0, 0.05) is 24.3 Å². The Morgan fingerprint density at radius 1 is 0.552 bits per heavy atom. The summed E-state index contributed by atoms with van der Waals surface area (Å²) in [4.78, 5) is 47.4. The van der Waals surface area contributed by atoms with E-state index in [2.05, 4.69) is 26.3 Å². The zero-order chi connectivity index (χ0) is 22.8. The second-order valence-corrected chi connectivity index (χ2v) is 6.13. The van der Waals surface area contributed by atoms with Gasteiger partial charge in [0.25, 0.3) is 0 Å². The van der Waals surface area contributed by atoms with E-state index >= 15 is 0 Å². The number of carbonyl (C=O) groups is 4. The third kappa shape index (κ3) is 6.44. The van der Waals surface area contributed by atoms with Gasteiger partial charge in [-0.3, -0.25) is 0 Å². The fourth-order valence-electron chi connectivity index (χ4n) is 3.28. The molecule has 0 amide bonds. The highest BCUT2D eigenvalue weighted by Crippen LogP contribution is 2.42. The van der Waals surface area contributed by atoms with Gasteiger partial charge in [0.15, 0.2) is 0 Å². The molecule has 0 aliphatic rings. The Labute approximate surface area is 170 Å². The molecular formula is C21H28O8. The first kappa shape index (κ1) is 25.8. The molecule has 8 heteroatoms. The third-order valence-corrected chi connectivity index (χ3v) is 4.65. The van der Waals surface area contributed by atoms with Crippen LogP contribution in [0.15, 0.2) is 50.6 Å². The summed E-state index contributed by atoms with van der Waals surface area (Å²) in [5.41, 5.74) is -1.51. The molecule has 0 aliphatic carbocycles. The fourth-order valence-corrected chi connectivity index (χ4v) is 3.28. The van der Waals surface area contributed by atoms with Gasteiger partial charge in [0.2, 0.25) is 0 Å². The predicted molar refractivity (Wildman–Crippen MR) is 105 cm³/mol. The van der Waals surface area contributed by atoms with Crippen LogP contribution in [0, 0.1) is 5.41 Å². The van der Waals surface area contributed by atoms with Crippen LogP contribution < -0.4 is 0 Å². The molecule has 0 rings (SSSR count). The highest BCUT2D eigenvalue weighted by Gasteiger charge is 2.57. The van der Waals surface area contributed by atoms with Gasteiger partial charge in [-0.05, 0) is 27.7 Å². The van der Waals surface area contributed by atoms with Gasteiger partial charge < -0.3 is 18.9 Å². The molecule has 0 saturated heterocycles. The van der Waals surface area contributed by atoms with Crippen LogP contribution in [0.1, 0.15) is 27.7 Å². The molecule has 160 valence electrons. The zero-order valence-corrected chi connectivity index (χ0v) is 17.2. The fraction of sp³-hybridized carbons (Fsp3) is 0.429. The maximum absolute atomic E-state index is 11.9. The van der Waals surface area contributed by atoms with Crippen LogP contribution in [0.4, 0.5) is 0 Å². The lowest BCUT2D eigenvalue weighted by molar-refractivity contribution is -0.216. The predicted octanol–water partition coefficient (Wildman–Crippen LogP) is 2.44. The molecular weight excluding hydrogens is 380 g/mol. The van der Waals surface area contributed by atoms with Crippen LogP contribution in [0.3, 0.4) is 0 Å². The summed E-state index contributed by atoms with van der Waals surface area (Å²) in [5, 5.41) is 0. The number of carbonyl (C=O) groups excluding carboxylic acids is 4. The summed E-state index contributed by atoms with van der Waals surface area (Å²) >= 11 is 0. The van der Waals surface area contributed by atoms with Gasteiger partial charge in [0.05, 0.1) is 0 Å². The smallest absolute Gasteiger partial charge is 0.330 e. The molecule has 0 aromatic heterocycles. The first-order valence-corrected chi connectivity index (χ1v) is 8.83. The minimum atomic E-state index is -1.51. The van der Waals surface area contributed by atoms with E-state index in [1.54, 1.807) is 0 Å². The Bertz CT molecular complexity index is 561. The number of hydrogen-bond donors (Lipinski definition) is 0. The molecule has 0 aliphatic heterocycles. The van der Waals surface area contributed by atoms with Gasteiger partial charge >= 0.3 is 23.9 Å². The van der Waals surface area contributed by atoms with Crippen molar-refractivity contribution >= 4 is 23.9 Å². The second-order valence-electron chi connectivity index (χ2n) is 6.13. The largest absolute Gasteiger partial charge is 0.458 e. The minimum Gasteiger partial charge on any atom is -0.458 e. The molecule has 0 saturated carbocycles. The van der Waals surface area contributed by atoms with Crippen LogP contribution in [-0.4, -0.2) is 48.3 Å². The third-order valence-electron chi connectivity index (χ3n) is 4.65. The van der Waals surface area contributed by atoms with Crippen molar-refractivity contribution in [1.29, 1.82) is 0 Å². The normalized spacial score (nSPS) is 16.4. The quantitative estimate of drug-likeness (QED) is 0.275. The van der Waals surface area contributed by atoms with Gasteiger partial charge in [0.1, 0.15) is 29.8 Å². The summed E-state index contributed by atoms with van der Waals surface area (Å²) in [6.07, 6.45) is -0.431. The van der Waals surface area contributed by atoms with Crippen molar-refractivity contribution < 1.29 is 38.1 Å². The number of esters is 4. The summed E-state index contributed by atoms with van der Waals surface area (Å²) in [5.74, 6) is -3.08. The molecule has 0 N–H and O–H groups in total. The number of rotatable bonds is 12. The van der Waals surface area contributed by atoms with Crippen molar-refractivity contribution in [2.24, 2.45) is 5.41 Å². The van der Waals surface area contributed by atoms with Crippen molar-refractivity contribution in [2.45, 2.75) is 52.1 Å². The molecule has 0 radical (unpaired) electrons. The highest BCUT2D eigenvalue weighted by molar-refractivity contribution is 5.83. The summed E-state index contributed by atoms with van der Waals surface area (Å²) in [7, 11) is 0. The molecule has 0 fully saturated rings. The van der Waals surface area contributed by atoms with E-state index in [0.29, 0.717) is 0 Å². The molecule has 0 heterocycles. The summed E-state index contributed by atoms with van der Waals surface area (Å²) in [6.45, 7) is 19.4. The van der Waals surface area contributed by atoms with Gasteiger partial charge in [-0.15, -0.1) is 0 Å². The van der Waals surface area contributed by atoms with Crippen LogP contribution in [-0.2, 0) is 38.1 Å². The van der Waals surface area contributed by atoms with Gasteiger partial charge in [-0.25, -0.2) is 19.2 Å². The summed E-state index contributed by atoms with van der Waals surface area (Å²) < 4.78 is 21.5. The van der Waals surface area contributed by atoms with Crippen LogP contribution in [0.2, 0.25) is 0 Å². The van der Waals surface area contributed by atoms with Crippen molar-refractivity contribution in [3.8, 4) is 0 Å². The van der Waals surface area contributed by atoms with Gasteiger partial charge in [-0.2, -0.15) is 0 Å². The van der Waals surface area contributed by atoms with Crippen molar-refractivity contribution in [1.82, 2.24) is 0 Å². The van der Waals surface area contributed by atoms with E-state index in [0.717, 1.165) is 24.3 Å². The lowest BCUT2D eigenvalue weighted by Crippen LogP contribution is -2.61. The SMILES string of the molecule is C=CC(=O)OC(C)C(C(C)OC(=O)C=C)(C(C)OC(=O)C=C)C(C)OC(=O)C=C. The number of hydrogen-bond acceptors (Lipinski definition) is 8. The maximum Gasteiger partial charge on any atom is 0.330 e. The minimum absolute atomic E-state index is 0.770. The van der Waals surface area contributed by atoms with E-state index in [9.17, 15) is 19.2 Å². The standard InChI is InChI=1S/C21H28O8/c1-9-17(22)26-13(5)21(14(6)27-18(23)10-2,15(7)28-19(24)11-3)16(8)29-20(25)12-4/h9-16H,1-4H2,5-8H3. The maximum atomic E-state index is 11.9. The molecule has 0 aromatic carbocycles. The van der Waals surface area contributed by atoms with E-state index in [-0.39, 0.29) is 0 Å². The lowest BCUT2D eigenvalue weighted by atomic mass is 9.69. The van der Waals surface area contributed by atoms with Gasteiger partial charge in [-0.1, -0.05) is 26.3 Å². The Hall–Kier alpha value is -3.16. The molecule has 0 bridgehead atoms. The lowest BCUT2D eigenvalue weighted by Gasteiger charge is -2.48. The van der Waals surface area contributed by atoms with Crippen LogP contribution >= 0.6 is 0 Å². The number of ether oxygens (including phenoxy) is 4. The van der Waals surface area contributed by atoms with E-state index in [1.165, 1.54) is 27.7 Å². The first-order valence-electron chi connectivity index (χ1n) is 8.83.